The third kappa shape index (κ3) is 51.2. The number of unbranched alkanes of at least 4 members (excludes halogenated alkanes) is 36. The Bertz CT molecular complexity index is 1110. The van der Waals surface area contributed by atoms with Crippen molar-refractivity contribution >= 4 is 11.9 Å². The van der Waals surface area contributed by atoms with Crippen LogP contribution in [0, 0.1) is 0 Å². The third-order valence-electron chi connectivity index (χ3n) is 13.1. The molecule has 0 aliphatic rings. The summed E-state index contributed by atoms with van der Waals surface area (Å²) in [7, 11) is 0. The second-order valence-electron chi connectivity index (χ2n) is 19.6. The number of aliphatic hydroxyl groups is 2. The summed E-state index contributed by atoms with van der Waals surface area (Å²) in [5.74, 6) is -0.116. The van der Waals surface area contributed by atoms with Gasteiger partial charge in [-0.25, -0.2) is 0 Å². The molecule has 0 aromatic rings. The number of ether oxygens (including phenoxy) is 1. The average Bonchev–Trinajstić information content (AvgIpc) is 3.32. The number of nitrogens with one attached hydrogen (secondary N) is 1. The molecule has 0 heterocycles. The molecule has 6 heteroatoms. The van der Waals surface area contributed by atoms with E-state index in [-0.39, 0.29) is 18.5 Å². The molecule has 386 valence electrons. The number of esters is 1. The molecule has 0 saturated heterocycles. The molecule has 2 atom stereocenters. The lowest BCUT2D eigenvalue weighted by atomic mass is 10.0. The summed E-state index contributed by atoms with van der Waals surface area (Å²) >= 11 is 0. The normalized spacial score (nSPS) is 13.0. The summed E-state index contributed by atoms with van der Waals surface area (Å²) in [6.07, 6.45) is 69.8. The Hall–Kier alpha value is -2.18. The zero-order chi connectivity index (χ0) is 47.9. The Morgan fingerprint density at radius 3 is 1.21 bits per heavy atom. The summed E-state index contributed by atoms with van der Waals surface area (Å²) in [6, 6.07) is -0.650. The zero-order valence-electron chi connectivity index (χ0n) is 43.9. The Morgan fingerprint density at radius 2 is 0.758 bits per heavy atom. The first-order chi connectivity index (χ1) is 32.5. The van der Waals surface area contributed by atoms with Gasteiger partial charge in [0.2, 0.25) is 5.91 Å². The molecule has 3 N–H and O–H groups in total. The average molecular weight is 927 g/mol. The minimum atomic E-state index is -0.863. The number of carbonyl (C=O) groups is 2. The van der Waals surface area contributed by atoms with Crippen molar-refractivity contribution in [2.75, 3.05) is 13.2 Å². The summed E-state index contributed by atoms with van der Waals surface area (Å²) in [6.45, 7) is 4.84. The van der Waals surface area contributed by atoms with Gasteiger partial charge in [-0.1, -0.05) is 242 Å². The van der Waals surface area contributed by atoms with Gasteiger partial charge in [0.15, 0.2) is 0 Å². The number of hydrogen-bond donors (Lipinski definition) is 3. The Morgan fingerprint density at radius 1 is 0.424 bits per heavy atom. The molecule has 0 aromatic carbocycles. The molecule has 0 aromatic heterocycles. The van der Waals surface area contributed by atoms with E-state index in [1.54, 1.807) is 6.08 Å². The Kier molecular flexibility index (Phi) is 53.6. The van der Waals surface area contributed by atoms with Crippen LogP contribution in [0.1, 0.15) is 296 Å². The highest BCUT2D eigenvalue weighted by atomic mass is 16.5. The van der Waals surface area contributed by atoms with Crippen LogP contribution in [0.2, 0.25) is 0 Å². The molecule has 0 rings (SSSR count). The summed E-state index contributed by atoms with van der Waals surface area (Å²) in [4.78, 5) is 24.5. The predicted octanol–water partition coefficient (Wildman–Crippen LogP) is 17.8. The molecule has 0 fully saturated rings. The van der Waals surface area contributed by atoms with Crippen molar-refractivity contribution in [1.82, 2.24) is 5.32 Å². The molecule has 66 heavy (non-hydrogen) atoms. The number of aliphatic hydroxyl groups excluding tert-OH is 2. The summed E-state index contributed by atoms with van der Waals surface area (Å²) in [5, 5.41) is 23.1. The van der Waals surface area contributed by atoms with Crippen LogP contribution in [0.5, 0.6) is 0 Å². The Balaban J connectivity index is 3.52. The van der Waals surface area contributed by atoms with Crippen molar-refractivity contribution < 1.29 is 24.5 Å². The van der Waals surface area contributed by atoms with Gasteiger partial charge in [0.25, 0.3) is 0 Å². The van der Waals surface area contributed by atoms with E-state index < -0.39 is 12.1 Å². The maximum Gasteiger partial charge on any atom is 0.305 e. The number of hydrogen-bond acceptors (Lipinski definition) is 5. The van der Waals surface area contributed by atoms with Gasteiger partial charge < -0.3 is 20.3 Å². The third-order valence-corrected chi connectivity index (χ3v) is 13.1. The maximum absolute atomic E-state index is 12.5. The molecule has 0 bridgehead atoms. The van der Waals surface area contributed by atoms with Crippen molar-refractivity contribution in [3.63, 3.8) is 0 Å². The van der Waals surface area contributed by atoms with E-state index in [9.17, 15) is 19.8 Å². The van der Waals surface area contributed by atoms with Gasteiger partial charge in [-0.2, -0.15) is 0 Å². The van der Waals surface area contributed by atoms with Crippen molar-refractivity contribution in [2.24, 2.45) is 0 Å². The smallest absolute Gasteiger partial charge is 0.305 e. The first-order valence-electron chi connectivity index (χ1n) is 28.9. The summed E-state index contributed by atoms with van der Waals surface area (Å²) < 4.78 is 5.47. The van der Waals surface area contributed by atoms with Gasteiger partial charge in [0.05, 0.1) is 25.4 Å². The maximum atomic E-state index is 12.5. The van der Waals surface area contributed by atoms with Crippen molar-refractivity contribution in [1.29, 1.82) is 0 Å². The largest absolute Gasteiger partial charge is 0.466 e. The van der Waals surface area contributed by atoms with Crippen molar-refractivity contribution in [2.45, 2.75) is 309 Å². The highest BCUT2D eigenvalue weighted by molar-refractivity contribution is 5.76. The second kappa shape index (κ2) is 55.4. The van der Waals surface area contributed by atoms with Crippen LogP contribution in [-0.2, 0) is 14.3 Å². The molecule has 0 aliphatic heterocycles. The standard InChI is InChI=1S/C60H111NO5/c1-3-5-7-9-11-13-15-17-19-21-22-24-26-30-34-38-42-46-50-54-60(65)66-55-51-47-43-39-35-31-27-29-33-37-41-45-49-53-59(64)61-57(56-62)58(63)52-48-44-40-36-32-28-25-23-20-18-16-14-12-10-8-6-4-2/h11,13,17,19,29,33,48,52,57-58,62-63H,3-10,12,14-16,18,20-28,30-32,34-47,49-51,53-56H2,1-2H3,(H,61,64)/b13-11-,19-17-,33-29-,52-48+. The van der Waals surface area contributed by atoms with Crippen molar-refractivity contribution in [3.8, 4) is 0 Å². The van der Waals surface area contributed by atoms with Gasteiger partial charge in [-0.15, -0.1) is 0 Å². The second-order valence-corrected chi connectivity index (χ2v) is 19.6. The molecular weight excluding hydrogens is 815 g/mol. The first-order valence-corrected chi connectivity index (χ1v) is 28.9. The molecule has 6 nitrogen and oxygen atoms in total. The highest BCUT2D eigenvalue weighted by Crippen LogP contribution is 2.16. The van der Waals surface area contributed by atoms with Gasteiger partial charge in [-0.05, 0) is 89.9 Å². The van der Waals surface area contributed by atoms with Gasteiger partial charge in [0.1, 0.15) is 0 Å². The van der Waals surface area contributed by atoms with Crippen LogP contribution in [0.15, 0.2) is 48.6 Å². The van der Waals surface area contributed by atoms with Gasteiger partial charge >= 0.3 is 5.97 Å². The molecule has 0 saturated carbocycles. The predicted molar refractivity (Wildman–Crippen MR) is 287 cm³/mol. The quantitative estimate of drug-likeness (QED) is 0.0321. The van der Waals surface area contributed by atoms with Crippen LogP contribution < -0.4 is 5.32 Å². The lowest BCUT2D eigenvalue weighted by molar-refractivity contribution is -0.143. The minimum Gasteiger partial charge on any atom is -0.466 e. The molecule has 2 unspecified atom stereocenters. The number of amides is 1. The van der Waals surface area contributed by atoms with E-state index in [1.807, 2.05) is 6.08 Å². The fraction of sp³-hybridized carbons (Fsp3) is 0.833. The number of rotatable bonds is 53. The highest BCUT2D eigenvalue weighted by Gasteiger charge is 2.18. The lowest BCUT2D eigenvalue weighted by Crippen LogP contribution is -2.45. The topological polar surface area (TPSA) is 95.9 Å². The first kappa shape index (κ1) is 63.8. The van der Waals surface area contributed by atoms with Gasteiger partial charge in [-0.3, -0.25) is 9.59 Å². The number of carbonyl (C=O) groups excluding carboxylic acids is 2. The van der Waals surface area contributed by atoms with E-state index in [0.29, 0.717) is 19.4 Å². The Labute approximate surface area is 410 Å². The van der Waals surface area contributed by atoms with E-state index in [0.717, 1.165) is 77.0 Å². The van der Waals surface area contributed by atoms with E-state index >= 15 is 0 Å². The monoisotopic (exact) mass is 926 g/mol. The number of allylic oxidation sites excluding steroid dienone is 7. The fourth-order valence-corrected chi connectivity index (χ4v) is 8.60. The van der Waals surface area contributed by atoms with E-state index in [1.165, 1.54) is 193 Å². The van der Waals surface area contributed by atoms with Crippen molar-refractivity contribution in [3.05, 3.63) is 48.6 Å². The zero-order valence-corrected chi connectivity index (χ0v) is 43.9. The molecule has 0 spiro atoms. The molecule has 0 aliphatic carbocycles. The van der Waals surface area contributed by atoms with Crippen LogP contribution in [-0.4, -0.2) is 47.4 Å². The van der Waals surface area contributed by atoms with E-state index in [4.69, 9.17) is 4.74 Å². The summed E-state index contributed by atoms with van der Waals surface area (Å²) in [5.41, 5.74) is 0. The van der Waals surface area contributed by atoms with E-state index in [2.05, 4.69) is 55.6 Å². The SMILES string of the molecule is CCCCC/C=C\C/C=C\CCCCCCCCCCCC(=O)OCCCCCCCC/C=C\CCCCCC(=O)NC(CO)C(O)/C=C/CCCCCCCCCCCCCCCCC. The van der Waals surface area contributed by atoms with Crippen LogP contribution in [0.3, 0.4) is 0 Å². The van der Waals surface area contributed by atoms with Crippen LogP contribution >= 0.6 is 0 Å². The molecular formula is C60H111NO5. The minimum absolute atomic E-state index is 0.0181. The fourth-order valence-electron chi connectivity index (χ4n) is 8.60. The van der Waals surface area contributed by atoms with Crippen LogP contribution in [0.4, 0.5) is 0 Å². The molecule has 1 amide bonds. The van der Waals surface area contributed by atoms with Gasteiger partial charge in [0, 0.05) is 12.8 Å². The van der Waals surface area contributed by atoms with Crippen LogP contribution in [0.25, 0.3) is 0 Å². The molecule has 0 radical (unpaired) electrons. The lowest BCUT2D eigenvalue weighted by Gasteiger charge is -2.19.